The predicted molar refractivity (Wildman–Crippen MR) is 170 cm³/mol. The van der Waals surface area contributed by atoms with Crippen LogP contribution in [0.1, 0.15) is 79.9 Å². The van der Waals surface area contributed by atoms with Gasteiger partial charge in [-0.05, 0) is 67.9 Å². The average Bonchev–Trinajstić information content (AvgIpc) is 3.35. The minimum absolute atomic E-state index is 0.0315. The molecule has 42 heavy (non-hydrogen) atoms. The summed E-state index contributed by atoms with van der Waals surface area (Å²) < 4.78 is 5.56. The normalized spacial score (nSPS) is 20.6. The Morgan fingerprint density at radius 3 is 2.83 bits per heavy atom. The third-order valence-corrected chi connectivity index (χ3v) is 9.89. The SMILES string of the molecule is Bc1cc2nc3c(c4c2c(c1C)CCC4N(C)C(=O)CCCNC(=C)CC)CN1C(=C)C2=C(C=C31)C(CC)C(=O)OC2. The van der Waals surface area contributed by atoms with Gasteiger partial charge < -0.3 is 19.9 Å². The number of hydrogen-bond donors (Lipinski definition) is 1. The molecule has 2 unspecified atom stereocenters. The lowest BCUT2D eigenvalue weighted by molar-refractivity contribution is -0.147. The number of nitrogens with one attached hydrogen (secondary N) is 1. The summed E-state index contributed by atoms with van der Waals surface area (Å²) in [4.78, 5) is 35.7. The molecule has 2 aromatic rings. The molecule has 6 rings (SSSR count). The van der Waals surface area contributed by atoms with Crippen LogP contribution < -0.4 is 10.8 Å². The Balaban J connectivity index is 1.44. The quantitative estimate of drug-likeness (QED) is 0.296. The summed E-state index contributed by atoms with van der Waals surface area (Å²) in [6.07, 6.45) is 6.78. The van der Waals surface area contributed by atoms with Crippen LogP contribution in [0.3, 0.4) is 0 Å². The number of carbonyl (C=O) groups is 2. The second-order valence-corrected chi connectivity index (χ2v) is 12.2. The fraction of sp³-hybridized carbons (Fsp3) is 0.441. The van der Waals surface area contributed by atoms with E-state index in [0.29, 0.717) is 19.4 Å². The highest BCUT2D eigenvalue weighted by Gasteiger charge is 2.42. The molecule has 1 amide bonds. The van der Waals surface area contributed by atoms with Crippen LogP contribution in [-0.2, 0) is 27.3 Å². The highest BCUT2D eigenvalue weighted by molar-refractivity contribution is 6.34. The molecule has 1 aromatic heterocycles. The van der Waals surface area contributed by atoms with Crippen LogP contribution in [-0.4, -0.2) is 54.7 Å². The summed E-state index contributed by atoms with van der Waals surface area (Å²) in [5.74, 6) is -0.299. The van der Waals surface area contributed by atoms with E-state index in [1.54, 1.807) is 0 Å². The van der Waals surface area contributed by atoms with Crippen LogP contribution in [0, 0.1) is 12.8 Å². The van der Waals surface area contributed by atoms with Crippen molar-refractivity contribution in [3.05, 3.63) is 75.8 Å². The Morgan fingerprint density at radius 2 is 2.10 bits per heavy atom. The van der Waals surface area contributed by atoms with Gasteiger partial charge >= 0.3 is 5.97 Å². The Kier molecular flexibility index (Phi) is 7.28. The van der Waals surface area contributed by atoms with E-state index in [1.807, 2.05) is 18.9 Å². The van der Waals surface area contributed by atoms with Gasteiger partial charge in [-0.25, -0.2) is 4.98 Å². The van der Waals surface area contributed by atoms with E-state index in [0.717, 1.165) is 71.7 Å². The number of nitrogens with zero attached hydrogens (tertiary/aromatic N) is 3. The van der Waals surface area contributed by atoms with Gasteiger partial charge in [-0.2, -0.15) is 0 Å². The highest BCUT2D eigenvalue weighted by atomic mass is 16.5. The molecule has 0 saturated heterocycles. The maximum atomic E-state index is 13.6. The van der Waals surface area contributed by atoms with Crippen LogP contribution in [0.2, 0.25) is 0 Å². The van der Waals surface area contributed by atoms with Crippen molar-refractivity contribution >= 4 is 41.8 Å². The van der Waals surface area contributed by atoms with E-state index in [1.165, 1.54) is 33.1 Å². The van der Waals surface area contributed by atoms with Crippen molar-refractivity contribution < 1.29 is 14.3 Å². The zero-order valence-electron chi connectivity index (χ0n) is 25.7. The number of aromatic nitrogens is 1. The molecular weight excluding hydrogens is 523 g/mol. The molecule has 0 spiro atoms. The molecule has 1 N–H and O–H groups in total. The fourth-order valence-electron chi connectivity index (χ4n) is 7.22. The van der Waals surface area contributed by atoms with Crippen LogP contribution >= 0.6 is 0 Å². The molecule has 3 aliphatic heterocycles. The molecule has 2 atom stereocenters. The summed E-state index contributed by atoms with van der Waals surface area (Å²) in [6.45, 7) is 16.4. The third-order valence-electron chi connectivity index (χ3n) is 9.89. The molecule has 1 aromatic carbocycles. The summed E-state index contributed by atoms with van der Waals surface area (Å²) in [7, 11) is 4.12. The predicted octanol–water partition coefficient (Wildman–Crippen LogP) is 4.10. The van der Waals surface area contributed by atoms with E-state index in [-0.39, 0.29) is 30.4 Å². The number of allylic oxidation sites excluding steroid dienone is 2. The molecule has 8 heteroatoms. The van der Waals surface area contributed by atoms with Crippen molar-refractivity contribution in [2.45, 2.75) is 71.9 Å². The van der Waals surface area contributed by atoms with Crippen LogP contribution in [0.5, 0.6) is 0 Å². The smallest absolute Gasteiger partial charge is 0.313 e. The number of carbonyl (C=O) groups excluding carboxylic acids is 2. The minimum atomic E-state index is -0.292. The van der Waals surface area contributed by atoms with Gasteiger partial charge in [0.1, 0.15) is 14.5 Å². The van der Waals surface area contributed by atoms with Gasteiger partial charge in [-0.3, -0.25) is 9.59 Å². The summed E-state index contributed by atoms with van der Waals surface area (Å²) in [6, 6.07) is 2.17. The number of aryl methyl sites for hydroxylation is 1. The van der Waals surface area contributed by atoms with Gasteiger partial charge in [0.05, 0.1) is 35.4 Å². The van der Waals surface area contributed by atoms with Crippen molar-refractivity contribution in [1.29, 1.82) is 0 Å². The third kappa shape index (κ3) is 4.38. The number of amides is 1. The summed E-state index contributed by atoms with van der Waals surface area (Å²) >= 11 is 0. The number of pyridine rings is 1. The number of rotatable bonds is 8. The number of esters is 1. The van der Waals surface area contributed by atoms with Crippen molar-refractivity contribution in [3.63, 3.8) is 0 Å². The molecule has 0 fully saturated rings. The van der Waals surface area contributed by atoms with Gasteiger partial charge in [0, 0.05) is 47.9 Å². The second kappa shape index (κ2) is 10.8. The Bertz CT molecular complexity index is 1620. The Hall–Kier alpha value is -3.81. The highest BCUT2D eigenvalue weighted by Crippen LogP contribution is 2.50. The van der Waals surface area contributed by atoms with Gasteiger partial charge in [0.15, 0.2) is 0 Å². The number of fused-ring (bicyclic) bond motifs is 4. The lowest BCUT2D eigenvalue weighted by Gasteiger charge is -2.36. The summed E-state index contributed by atoms with van der Waals surface area (Å²) in [5.41, 5.74) is 13.2. The van der Waals surface area contributed by atoms with E-state index < -0.39 is 0 Å². The Morgan fingerprint density at radius 1 is 1.31 bits per heavy atom. The van der Waals surface area contributed by atoms with Crippen molar-refractivity contribution in [3.8, 4) is 0 Å². The molecule has 4 aliphatic rings. The second-order valence-electron chi connectivity index (χ2n) is 12.2. The molecule has 4 heterocycles. The maximum Gasteiger partial charge on any atom is 0.313 e. The van der Waals surface area contributed by atoms with Gasteiger partial charge in [-0.1, -0.05) is 38.0 Å². The largest absolute Gasteiger partial charge is 0.460 e. The first kappa shape index (κ1) is 28.3. The fourth-order valence-corrected chi connectivity index (χ4v) is 7.22. The zero-order valence-corrected chi connectivity index (χ0v) is 25.7. The number of ether oxygens (including phenoxy) is 1. The summed E-state index contributed by atoms with van der Waals surface area (Å²) in [5, 5.41) is 4.53. The van der Waals surface area contributed by atoms with E-state index >= 15 is 0 Å². The monoisotopic (exact) mass is 564 g/mol. The first-order valence-electron chi connectivity index (χ1n) is 15.4. The van der Waals surface area contributed by atoms with Crippen LogP contribution in [0.15, 0.2) is 47.8 Å². The molecular formula is C34H41BN4O3. The maximum absolute atomic E-state index is 13.6. The van der Waals surface area contributed by atoms with Gasteiger partial charge in [-0.15, -0.1) is 0 Å². The van der Waals surface area contributed by atoms with E-state index in [4.69, 9.17) is 9.72 Å². The van der Waals surface area contributed by atoms with Crippen molar-refractivity contribution in [2.24, 2.45) is 5.92 Å². The topological polar surface area (TPSA) is 74.8 Å². The zero-order chi connectivity index (χ0) is 29.9. The average molecular weight is 565 g/mol. The molecule has 1 aliphatic carbocycles. The lowest BCUT2D eigenvalue weighted by Crippen LogP contribution is -2.35. The molecule has 218 valence electrons. The molecule has 7 nitrogen and oxygen atoms in total. The lowest BCUT2D eigenvalue weighted by atomic mass is 9.77. The molecule has 0 saturated carbocycles. The first-order chi connectivity index (χ1) is 20.2. The number of benzene rings is 1. The van der Waals surface area contributed by atoms with E-state index in [9.17, 15) is 9.59 Å². The number of hydrogen-bond acceptors (Lipinski definition) is 6. The number of cyclic esters (lactones) is 1. The first-order valence-corrected chi connectivity index (χ1v) is 15.4. The van der Waals surface area contributed by atoms with Crippen LogP contribution in [0.25, 0.3) is 16.6 Å². The Labute approximate surface area is 249 Å². The molecule has 0 radical (unpaired) electrons. The van der Waals surface area contributed by atoms with Crippen molar-refractivity contribution in [2.75, 3.05) is 20.2 Å². The van der Waals surface area contributed by atoms with Gasteiger partial charge in [0.2, 0.25) is 5.91 Å². The van der Waals surface area contributed by atoms with Crippen molar-refractivity contribution in [1.82, 2.24) is 20.1 Å². The van der Waals surface area contributed by atoms with Crippen LogP contribution in [0.4, 0.5) is 0 Å². The van der Waals surface area contributed by atoms with Gasteiger partial charge in [0.25, 0.3) is 0 Å². The standard InChI is InChI=1S/C34H41BN4O3/c1-7-18(3)36-13-9-10-30(40)38(6)28-12-11-22-19(4)26(35)15-27-31(22)32(28)24-16-39-20(5)25-17-42-34(41)21(8-2)23(25)14-29(39)33(24)37-27/h14-15,21,28,36H,3,5,7-13,16-17,35H2,1-2,4,6H3. The molecule has 0 bridgehead atoms. The van der Waals surface area contributed by atoms with E-state index in [2.05, 4.69) is 57.2 Å². The minimum Gasteiger partial charge on any atom is -0.460 e.